The Hall–Kier alpha value is -1.04. The van der Waals surface area contributed by atoms with Crippen molar-refractivity contribution in [3.05, 3.63) is 57.6 Å². The second-order valence-corrected chi connectivity index (χ2v) is 8.27. The lowest BCUT2D eigenvalue weighted by molar-refractivity contribution is 0.0813. The zero-order valence-electron chi connectivity index (χ0n) is 14.8. The average Bonchev–Trinajstić information content (AvgIpc) is 2.60. The molecule has 0 aliphatic heterocycles. The molecule has 0 aromatic heterocycles. The zero-order valence-corrected chi connectivity index (χ0v) is 17.8. The van der Waals surface area contributed by atoms with E-state index < -0.39 is 0 Å². The second kappa shape index (κ2) is 9.94. The van der Waals surface area contributed by atoms with Crippen LogP contribution in [-0.4, -0.2) is 47.4 Å². The van der Waals surface area contributed by atoms with E-state index in [1.54, 1.807) is 25.2 Å². The van der Waals surface area contributed by atoms with E-state index >= 15 is 0 Å². The summed E-state index contributed by atoms with van der Waals surface area (Å²) in [6, 6.07) is 4.67. The standard InChI is InChI=1S/C19H21Cl4N3O/c1-26(19(27)12-6-13(20)9-14(21)7-12)10-18(25)15(4-5-24)11-2-3-16(22)17(23)8-11/h2-3,6-9,15-17,25H,4-5,10,24H2,1H3/t15?,16-,17?/m1/s1. The largest absolute Gasteiger partial charge is 0.336 e. The Bertz CT molecular complexity index is 758. The van der Waals surface area contributed by atoms with Crippen LogP contribution in [0.3, 0.4) is 0 Å². The molecule has 1 aromatic rings. The molecule has 2 unspecified atom stereocenters. The van der Waals surface area contributed by atoms with Crippen LogP contribution in [0.5, 0.6) is 0 Å². The van der Waals surface area contributed by atoms with Gasteiger partial charge in [0.2, 0.25) is 0 Å². The van der Waals surface area contributed by atoms with Gasteiger partial charge in [0.15, 0.2) is 0 Å². The number of benzene rings is 1. The molecule has 0 saturated carbocycles. The van der Waals surface area contributed by atoms with Crippen molar-refractivity contribution < 1.29 is 4.79 Å². The van der Waals surface area contributed by atoms with Gasteiger partial charge in [0.25, 0.3) is 5.91 Å². The minimum absolute atomic E-state index is 0.149. The Kier molecular flexibility index (Phi) is 8.20. The summed E-state index contributed by atoms with van der Waals surface area (Å²) >= 11 is 24.3. The molecule has 3 atom stereocenters. The summed E-state index contributed by atoms with van der Waals surface area (Å²) in [7, 11) is 1.63. The molecular formula is C19H21Cl4N3O. The van der Waals surface area contributed by atoms with Crippen molar-refractivity contribution in [1.29, 1.82) is 5.41 Å². The number of carbonyl (C=O) groups excluding carboxylic acids is 1. The van der Waals surface area contributed by atoms with E-state index in [9.17, 15) is 4.79 Å². The molecule has 0 bridgehead atoms. The van der Waals surface area contributed by atoms with E-state index in [1.165, 1.54) is 4.90 Å². The molecule has 4 nitrogen and oxygen atoms in total. The smallest absolute Gasteiger partial charge is 0.254 e. The third kappa shape index (κ3) is 5.97. The highest BCUT2D eigenvalue weighted by Crippen LogP contribution is 2.28. The summed E-state index contributed by atoms with van der Waals surface area (Å²) in [5.74, 6) is -0.491. The molecule has 146 valence electrons. The van der Waals surface area contributed by atoms with Crippen LogP contribution in [0.25, 0.3) is 0 Å². The van der Waals surface area contributed by atoms with Gasteiger partial charge in [-0.25, -0.2) is 0 Å². The minimum Gasteiger partial charge on any atom is -0.336 e. The van der Waals surface area contributed by atoms with Crippen molar-refractivity contribution in [1.82, 2.24) is 4.90 Å². The van der Waals surface area contributed by atoms with Gasteiger partial charge >= 0.3 is 0 Å². The van der Waals surface area contributed by atoms with Crippen LogP contribution in [-0.2, 0) is 0 Å². The number of nitrogens with two attached hydrogens (primary N) is 1. The predicted molar refractivity (Wildman–Crippen MR) is 115 cm³/mol. The van der Waals surface area contributed by atoms with Gasteiger partial charge in [-0.15, -0.1) is 23.2 Å². The monoisotopic (exact) mass is 447 g/mol. The van der Waals surface area contributed by atoms with E-state index in [2.05, 4.69) is 0 Å². The molecule has 1 aliphatic carbocycles. The van der Waals surface area contributed by atoms with Gasteiger partial charge in [0.05, 0.1) is 17.3 Å². The summed E-state index contributed by atoms with van der Waals surface area (Å²) in [6.07, 6.45) is 6.13. The van der Waals surface area contributed by atoms with Crippen LogP contribution < -0.4 is 5.73 Å². The number of nitrogens with one attached hydrogen (secondary N) is 1. The van der Waals surface area contributed by atoms with E-state index in [-0.39, 0.29) is 29.1 Å². The highest BCUT2D eigenvalue weighted by Gasteiger charge is 2.25. The van der Waals surface area contributed by atoms with E-state index in [1.807, 2.05) is 18.2 Å². The fourth-order valence-corrected chi connectivity index (χ4v) is 3.82. The number of hydrogen-bond donors (Lipinski definition) is 2. The van der Waals surface area contributed by atoms with Gasteiger partial charge in [-0.2, -0.15) is 0 Å². The Morgan fingerprint density at radius 2 is 1.85 bits per heavy atom. The van der Waals surface area contributed by atoms with Crippen molar-refractivity contribution in [2.75, 3.05) is 20.1 Å². The quantitative estimate of drug-likeness (QED) is 0.466. The normalized spacial score (nSPS) is 20.1. The summed E-state index contributed by atoms with van der Waals surface area (Å²) < 4.78 is 0. The number of rotatable bonds is 7. The lowest BCUT2D eigenvalue weighted by Gasteiger charge is -2.26. The molecule has 3 N–H and O–H groups in total. The Morgan fingerprint density at radius 1 is 1.22 bits per heavy atom. The summed E-state index contributed by atoms with van der Waals surface area (Å²) in [5.41, 5.74) is 7.38. The van der Waals surface area contributed by atoms with Crippen molar-refractivity contribution in [2.24, 2.45) is 11.7 Å². The number of alkyl halides is 2. The number of nitrogens with zero attached hydrogens (tertiary/aromatic N) is 1. The van der Waals surface area contributed by atoms with Crippen molar-refractivity contribution in [3.8, 4) is 0 Å². The molecule has 8 heteroatoms. The van der Waals surface area contributed by atoms with Crippen LogP contribution >= 0.6 is 46.4 Å². The lowest BCUT2D eigenvalue weighted by Crippen LogP contribution is -2.36. The average molecular weight is 449 g/mol. The molecule has 1 aliphatic rings. The molecule has 2 rings (SSSR count). The number of carbonyl (C=O) groups is 1. The maximum atomic E-state index is 12.7. The van der Waals surface area contributed by atoms with Gasteiger partial charge in [0, 0.05) is 34.3 Å². The second-order valence-electron chi connectivity index (χ2n) is 6.39. The number of halogens is 4. The molecule has 0 saturated heterocycles. The van der Waals surface area contributed by atoms with E-state index in [4.69, 9.17) is 57.5 Å². The fourth-order valence-electron chi connectivity index (χ4n) is 2.92. The molecule has 0 spiro atoms. The summed E-state index contributed by atoms with van der Waals surface area (Å²) in [4.78, 5) is 14.1. The topological polar surface area (TPSA) is 70.2 Å². The summed E-state index contributed by atoms with van der Waals surface area (Å²) in [5, 5.41) is 8.67. The third-order valence-electron chi connectivity index (χ3n) is 4.27. The Labute approximate surface area is 179 Å². The van der Waals surface area contributed by atoms with E-state index in [0.29, 0.717) is 34.3 Å². The van der Waals surface area contributed by atoms with Crippen LogP contribution in [0.2, 0.25) is 10.0 Å². The van der Waals surface area contributed by atoms with Crippen LogP contribution in [0.4, 0.5) is 0 Å². The predicted octanol–water partition coefficient (Wildman–Crippen LogP) is 4.76. The summed E-state index contributed by atoms with van der Waals surface area (Å²) in [6.45, 7) is 0.563. The minimum atomic E-state index is -0.340. The Balaban J connectivity index is 2.13. The number of allylic oxidation sites excluding steroid dienone is 4. The number of amides is 1. The SMILES string of the molecule is CN(CC(=N)C(CCN)C1=CC(Cl)[C@H](Cl)C=C1)C(=O)c1cc(Cl)cc(Cl)c1. The van der Waals surface area contributed by atoms with Crippen molar-refractivity contribution >= 4 is 58.0 Å². The molecule has 0 radical (unpaired) electrons. The van der Waals surface area contributed by atoms with Gasteiger partial charge in [-0.3, -0.25) is 4.79 Å². The highest BCUT2D eigenvalue weighted by molar-refractivity contribution is 6.35. The maximum Gasteiger partial charge on any atom is 0.254 e. The van der Waals surface area contributed by atoms with Crippen molar-refractivity contribution in [2.45, 2.75) is 17.2 Å². The van der Waals surface area contributed by atoms with Crippen LogP contribution in [0.1, 0.15) is 16.8 Å². The molecule has 0 fully saturated rings. The first-order valence-electron chi connectivity index (χ1n) is 8.40. The van der Waals surface area contributed by atoms with Gasteiger partial charge < -0.3 is 16.0 Å². The first-order valence-corrected chi connectivity index (χ1v) is 10.0. The first-order chi connectivity index (χ1) is 12.7. The van der Waals surface area contributed by atoms with Gasteiger partial charge in [-0.05, 0) is 36.7 Å². The maximum absolute atomic E-state index is 12.7. The molecule has 1 aromatic carbocycles. The van der Waals surface area contributed by atoms with Crippen molar-refractivity contribution in [3.63, 3.8) is 0 Å². The molecule has 0 heterocycles. The van der Waals surface area contributed by atoms with Crippen LogP contribution in [0.15, 0.2) is 42.0 Å². The fraction of sp³-hybridized carbons (Fsp3) is 0.368. The first kappa shape index (κ1) is 22.3. The molecule has 1 amide bonds. The van der Waals surface area contributed by atoms with Crippen LogP contribution in [0, 0.1) is 11.3 Å². The van der Waals surface area contributed by atoms with Gasteiger partial charge in [-0.1, -0.05) is 41.4 Å². The molecule has 27 heavy (non-hydrogen) atoms. The highest BCUT2D eigenvalue weighted by atomic mass is 35.5. The number of hydrogen-bond acceptors (Lipinski definition) is 3. The molecular weight excluding hydrogens is 428 g/mol. The lowest BCUT2D eigenvalue weighted by atomic mass is 9.87. The third-order valence-corrected chi connectivity index (χ3v) is 5.65. The zero-order chi connectivity index (χ0) is 20.1. The Morgan fingerprint density at radius 3 is 2.41 bits per heavy atom. The van der Waals surface area contributed by atoms with E-state index in [0.717, 1.165) is 5.57 Å². The van der Waals surface area contributed by atoms with Gasteiger partial charge in [0.1, 0.15) is 0 Å².